The number of pyridine rings is 1. The molecule has 0 unspecified atom stereocenters. The van der Waals surface area contributed by atoms with Crippen molar-refractivity contribution >= 4 is 5.91 Å². The Morgan fingerprint density at radius 3 is 2.59 bits per heavy atom. The minimum Gasteiger partial charge on any atom is -0.490 e. The summed E-state index contributed by atoms with van der Waals surface area (Å²) in [4.78, 5) is 16.5. The number of hydrogen-bond acceptors (Lipinski definition) is 4. The van der Waals surface area contributed by atoms with Crippen LogP contribution in [0, 0.1) is 5.82 Å². The maximum atomic E-state index is 12.9. The number of carbonyl (C=O) groups excluding carboxylic acids is 1. The number of benzene rings is 2. The molecule has 0 aliphatic heterocycles. The number of halogens is 1. The summed E-state index contributed by atoms with van der Waals surface area (Å²) in [6.07, 6.45) is 4.07. The van der Waals surface area contributed by atoms with Crippen molar-refractivity contribution in [1.82, 2.24) is 10.3 Å². The highest BCUT2D eigenvalue weighted by molar-refractivity contribution is 5.94. The van der Waals surface area contributed by atoms with Gasteiger partial charge in [-0.1, -0.05) is 18.2 Å². The first-order valence-electron chi connectivity index (χ1n) is 9.47. The van der Waals surface area contributed by atoms with Crippen LogP contribution in [0.5, 0.6) is 11.5 Å². The van der Waals surface area contributed by atoms with Gasteiger partial charge in [0.05, 0.1) is 6.61 Å². The molecule has 1 amide bonds. The van der Waals surface area contributed by atoms with Gasteiger partial charge in [0.15, 0.2) is 11.5 Å². The Kier molecular flexibility index (Phi) is 7.16. The van der Waals surface area contributed by atoms with Gasteiger partial charge in [-0.15, -0.1) is 0 Å². The molecule has 0 atom stereocenters. The van der Waals surface area contributed by atoms with E-state index in [0.29, 0.717) is 43.2 Å². The molecule has 0 spiro atoms. The van der Waals surface area contributed by atoms with Crippen molar-refractivity contribution in [3.05, 3.63) is 89.5 Å². The van der Waals surface area contributed by atoms with E-state index < -0.39 is 0 Å². The lowest BCUT2D eigenvalue weighted by Gasteiger charge is -2.13. The summed E-state index contributed by atoms with van der Waals surface area (Å²) in [5.41, 5.74) is 2.39. The summed E-state index contributed by atoms with van der Waals surface area (Å²) >= 11 is 0. The van der Waals surface area contributed by atoms with Gasteiger partial charge < -0.3 is 14.8 Å². The lowest BCUT2D eigenvalue weighted by atomic mass is 10.1. The molecule has 0 fully saturated rings. The summed E-state index contributed by atoms with van der Waals surface area (Å²) in [5, 5.41) is 2.87. The Labute approximate surface area is 169 Å². The van der Waals surface area contributed by atoms with E-state index in [1.807, 2.05) is 19.1 Å². The monoisotopic (exact) mass is 394 g/mol. The van der Waals surface area contributed by atoms with Gasteiger partial charge in [-0.25, -0.2) is 4.39 Å². The molecule has 0 saturated heterocycles. The molecule has 1 aromatic heterocycles. The van der Waals surface area contributed by atoms with Crippen molar-refractivity contribution < 1.29 is 18.7 Å². The van der Waals surface area contributed by atoms with Crippen LogP contribution >= 0.6 is 0 Å². The lowest BCUT2D eigenvalue weighted by molar-refractivity contribution is 0.0953. The quantitative estimate of drug-likeness (QED) is 0.592. The average Bonchev–Trinajstić information content (AvgIpc) is 2.75. The van der Waals surface area contributed by atoms with E-state index in [9.17, 15) is 9.18 Å². The molecule has 6 heteroatoms. The van der Waals surface area contributed by atoms with Crippen molar-refractivity contribution in [3.8, 4) is 11.5 Å². The van der Waals surface area contributed by atoms with Crippen molar-refractivity contribution in [2.24, 2.45) is 0 Å². The van der Waals surface area contributed by atoms with Crippen molar-refractivity contribution in [1.29, 1.82) is 0 Å². The van der Waals surface area contributed by atoms with Gasteiger partial charge in [0, 0.05) is 30.1 Å². The smallest absolute Gasteiger partial charge is 0.251 e. The SMILES string of the molecule is CCOc1cc(C(=O)NCCc2ccc(F)cc2)ccc1OCc1cccnc1. The predicted molar refractivity (Wildman–Crippen MR) is 109 cm³/mol. The van der Waals surface area contributed by atoms with E-state index in [2.05, 4.69) is 10.3 Å². The van der Waals surface area contributed by atoms with Gasteiger partial charge in [0.1, 0.15) is 12.4 Å². The number of nitrogens with one attached hydrogen (secondary N) is 1. The third-order valence-corrected chi connectivity index (χ3v) is 4.24. The number of aromatic nitrogens is 1. The van der Waals surface area contributed by atoms with Gasteiger partial charge >= 0.3 is 0 Å². The van der Waals surface area contributed by atoms with Gasteiger partial charge in [-0.2, -0.15) is 0 Å². The average molecular weight is 394 g/mol. The van der Waals surface area contributed by atoms with E-state index in [4.69, 9.17) is 9.47 Å². The molecule has 5 nitrogen and oxygen atoms in total. The highest BCUT2D eigenvalue weighted by Crippen LogP contribution is 2.29. The van der Waals surface area contributed by atoms with Crippen LogP contribution in [-0.4, -0.2) is 24.0 Å². The third kappa shape index (κ3) is 6.04. The number of amides is 1. The fourth-order valence-corrected chi connectivity index (χ4v) is 2.75. The zero-order valence-corrected chi connectivity index (χ0v) is 16.2. The van der Waals surface area contributed by atoms with Gasteiger partial charge in [-0.3, -0.25) is 9.78 Å². The standard InChI is InChI=1S/C23H23FN2O3/c1-2-28-22-14-19(7-10-21(22)29-16-18-4-3-12-25-15-18)23(27)26-13-11-17-5-8-20(24)9-6-17/h3-10,12,14-15H,2,11,13,16H2,1H3,(H,26,27). The number of nitrogens with zero attached hydrogens (tertiary/aromatic N) is 1. The van der Waals surface area contributed by atoms with E-state index in [1.165, 1.54) is 12.1 Å². The second-order valence-corrected chi connectivity index (χ2v) is 6.38. The topological polar surface area (TPSA) is 60.5 Å². The molecule has 0 saturated carbocycles. The number of carbonyl (C=O) groups is 1. The second-order valence-electron chi connectivity index (χ2n) is 6.38. The predicted octanol–water partition coefficient (Wildman–Crippen LogP) is 4.17. The first-order valence-corrected chi connectivity index (χ1v) is 9.47. The third-order valence-electron chi connectivity index (χ3n) is 4.24. The van der Waals surface area contributed by atoms with Crippen LogP contribution in [0.25, 0.3) is 0 Å². The summed E-state index contributed by atoms with van der Waals surface area (Å²) in [6, 6.07) is 15.1. The Morgan fingerprint density at radius 2 is 1.86 bits per heavy atom. The molecule has 3 aromatic rings. The van der Waals surface area contributed by atoms with Crippen LogP contribution in [0.3, 0.4) is 0 Å². The molecule has 0 bridgehead atoms. The van der Waals surface area contributed by atoms with Gasteiger partial charge in [0.2, 0.25) is 0 Å². The summed E-state index contributed by atoms with van der Waals surface area (Å²) in [6.45, 7) is 3.14. The molecule has 0 aliphatic rings. The molecule has 29 heavy (non-hydrogen) atoms. The number of hydrogen-bond donors (Lipinski definition) is 1. The molecular weight excluding hydrogens is 371 g/mol. The largest absolute Gasteiger partial charge is 0.490 e. The Morgan fingerprint density at radius 1 is 1.03 bits per heavy atom. The zero-order valence-electron chi connectivity index (χ0n) is 16.2. The first-order chi connectivity index (χ1) is 14.2. The van der Waals surface area contributed by atoms with Gasteiger partial charge in [0.25, 0.3) is 5.91 Å². The van der Waals surface area contributed by atoms with Crippen LogP contribution < -0.4 is 14.8 Å². The Hall–Kier alpha value is -3.41. The maximum Gasteiger partial charge on any atom is 0.251 e. The zero-order chi connectivity index (χ0) is 20.5. The lowest BCUT2D eigenvalue weighted by Crippen LogP contribution is -2.25. The van der Waals surface area contributed by atoms with Crippen molar-refractivity contribution in [2.75, 3.05) is 13.2 Å². The molecule has 3 rings (SSSR count). The highest BCUT2D eigenvalue weighted by atomic mass is 19.1. The summed E-state index contributed by atoms with van der Waals surface area (Å²) in [5.74, 6) is 0.611. The fraction of sp³-hybridized carbons (Fsp3) is 0.217. The molecule has 1 heterocycles. The van der Waals surface area contributed by atoms with Gasteiger partial charge in [-0.05, 0) is 55.3 Å². The second kappa shape index (κ2) is 10.2. The Balaban J connectivity index is 1.60. The van der Waals surface area contributed by atoms with E-state index >= 15 is 0 Å². The highest BCUT2D eigenvalue weighted by Gasteiger charge is 2.12. The maximum absolute atomic E-state index is 12.9. The molecule has 0 aliphatic carbocycles. The Bertz CT molecular complexity index is 931. The number of rotatable bonds is 9. The van der Waals surface area contributed by atoms with Crippen LogP contribution in [0.4, 0.5) is 4.39 Å². The molecular formula is C23H23FN2O3. The van der Waals surface area contributed by atoms with Crippen molar-refractivity contribution in [3.63, 3.8) is 0 Å². The summed E-state index contributed by atoms with van der Waals surface area (Å²) < 4.78 is 24.4. The minimum atomic E-state index is -0.271. The first kappa shape index (κ1) is 20.3. The van der Waals surface area contributed by atoms with Crippen molar-refractivity contribution in [2.45, 2.75) is 20.0 Å². The molecule has 1 N–H and O–H groups in total. The van der Waals surface area contributed by atoms with Crippen LogP contribution in [0.2, 0.25) is 0 Å². The molecule has 0 radical (unpaired) electrons. The summed E-state index contributed by atoms with van der Waals surface area (Å²) in [7, 11) is 0. The molecule has 2 aromatic carbocycles. The minimum absolute atomic E-state index is 0.202. The van der Waals surface area contributed by atoms with Crippen LogP contribution in [-0.2, 0) is 13.0 Å². The molecule has 150 valence electrons. The van der Waals surface area contributed by atoms with E-state index in [1.54, 1.807) is 42.7 Å². The van der Waals surface area contributed by atoms with Crippen LogP contribution in [0.15, 0.2) is 67.0 Å². The normalized spacial score (nSPS) is 10.4. The fourth-order valence-electron chi connectivity index (χ4n) is 2.75. The van der Waals surface area contributed by atoms with Crippen LogP contribution in [0.1, 0.15) is 28.4 Å². The van der Waals surface area contributed by atoms with E-state index in [0.717, 1.165) is 11.1 Å². The van der Waals surface area contributed by atoms with E-state index in [-0.39, 0.29) is 11.7 Å². The number of ether oxygens (including phenoxy) is 2.